The Kier molecular flexibility index (Phi) is 6.63. The predicted molar refractivity (Wildman–Crippen MR) is 81.8 cm³/mol. The van der Waals surface area contributed by atoms with Crippen LogP contribution in [0.25, 0.3) is 0 Å². The SMILES string of the molecule is CCN(CCC(=O)OC)S(=O)(=O)c1ccc(OC)c(Br)c1. The molecule has 0 saturated carbocycles. The third-order valence-electron chi connectivity index (χ3n) is 2.91. The van der Waals surface area contributed by atoms with E-state index in [9.17, 15) is 13.2 Å². The maximum Gasteiger partial charge on any atom is 0.306 e. The molecule has 0 aliphatic carbocycles. The molecule has 0 atom stereocenters. The van der Waals surface area contributed by atoms with Crippen LogP contribution in [0, 0.1) is 0 Å². The molecule has 1 rings (SSSR count). The van der Waals surface area contributed by atoms with Gasteiger partial charge < -0.3 is 9.47 Å². The Hall–Kier alpha value is -1.12. The lowest BCUT2D eigenvalue weighted by atomic mass is 10.3. The number of methoxy groups -OCH3 is 2. The first-order chi connectivity index (χ1) is 9.86. The van der Waals surface area contributed by atoms with Crippen molar-refractivity contribution in [3.05, 3.63) is 22.7 Å². The van der Waals surface area contributed by atoms with Gasteiger partial charge in [-0.15, -0.1) is 0 Å². The van der Waals surface area contributed by atoms with E-state index in [1.807, 2.05) is 0 Å². The van der Waals surface area contributed by atoms with Gasteiger partial charge in [-0.05, 0) is 34.1 Å². The van der Waals surface area contributed by atoms with E-state index in [2.05, 4.69) is 20.7 Å². The van der Waals surface area contributed by atoms with E-state index in [0.717, 1.165) is 0 Å². The van der Waals surface area contributed by atoms with Crippen LogP contribution >= 0.6 is 15.9 Å². The maximum absolute atomic E-state index is 12.5. The molecular formula is C13H18BrNO5S. The van der Waals surface area contributed by atoms with Crippen LogP contribution in [0.5, 0.6) is 5.75 Å². The highest BCUT2D eigenvalue weighted by Crippen LogP contribution is 2.28. The molecular weight excluding hydrogens is 362 g/mol. The molecule has 0 aliphatic rings. The van der Waals surface area contributed by atoms with E-state index in [4.69, 9.17) is 4.74 Å². The van der Waals surface area contributed by atoms with Crippen LogP contribution in [0.4, 0.5) is 0 Å². The average Bonchev–Trinajstić information content (AvgIpc) is 2.47. The Morgan fingerprint density at radius 2 is 2.00 bits per heavy atom. The van der Waals surface area contributed by atoms with Crippen molar-refractivity contribution >= 4 is 31.9 Å². The molecule has 0 saturated heterocycles. The molecule has 6 nitrogen and oxygen atoms in total. The summed E-state index contributed by atoms with van der Waals surface area (Å²) in [7, 11) is -0.888. The molecule has 0 N–H and O–H groups in total. The average molecular weight is 380 g/mol. The predicted octanol–water partition coefficient (Wildman–Crippen LogP) is 2.03. The van der Waals surface area contributed by atoms with E-state index in [0.29, 0.717) is 10.2 Å². The molecule has 0 unspecified atom stereocenters. The van der Waals surface area contributed by atoms with E-state index >= 15 is 0 Å². The van der Waals surface area contributed by atoms with Crippen LogP contribution in [0.2, 0.25) is 0 Å². The lowest BCUT2D eigenvalue weighted by molar-refractivity contribution is -0.140. The van der Waals surface area contributed by atoms with Crippen LogP contribution in [-0.2, 0) is 19.6 Å². The first-order valence-corrected chi connectivity index (χ1v) is 8.50. The smallest absolute Gasteiger partial charge is 0.306 e. The quantitative estimate of drug-likeness (QED) is 0.677. The number of halogens is 1. The molecule has 1 aromatic rings. The largest absolute Gasteiger partial charge is 0.496 e. The molecule has 0 fully saturated rings. The highest BCUT2D eigenvalue weighted by Gasteiger charge is 2.24. The Morgan fingerprint density at radius 1 is 1.33 bits per heavy atom. The zero-order valence-electron chi connectivity index (χ0n) is 12.1. The number of carbonyl (C=O) groups excluding carboxylic acids is 1. The standard InChI is InChI=1S/C13H18BrNO5S/c1-4-15(8-7-13(16)20-3)21(17,18)10-5-6-12(19-2)11(14)9-10/h5-6,9H,4,7-8H2,1-3H3. The number of ether oxygens (including phenoxy) is 2. The summed E-state index contributed by atoms with van der Waals surface area (Å²) in [6.45, 7) is 2.06. The van der Waals surface area contributed by atoms with Crippen LogP contribution < -0.4 is 4.74 Å². The summed E-state index contributed by atoms with van der Waals surface area (Å²) in [5.74, 6) is 0.103. The zero-order chi connectivity index (χ0) is 16.0. The molecule has 0 heterocycles. The van der Waals surface area contributed by atoms with Gasteiger partial charge in [0.25, 0.3) is 0 Å². The van der Waals surface area contributed by atoms with Crippen molar-refractivity contribution in [1.82, 2.24) is 4.31 Å². The molecule has 118 valence electrons. The first-order valence-electron chi connectivity index (χ1n) is 6.27. The van der Waals surface area contributed by atoms with Gasteiger partial charge in [0.2, 0.25) is 10.0 Å². The molecule has 0 spiro atoms. The van der Waals surface area contributed by atoms with Gasteiger partial charge in [-0.1, -0.05) is 6.92 Å². The zero-order valence-corrected chi connectivity index (χ0v) is 14.5. The number of esters is 1. The minimum atomic E-state index is -3.66. The van der Waals surface area contributed by atoms with Gasteiger partial charge in [-0.2, -0.15) is 4.31 Å². The van der Waals surface area contributed by atoms with E-state index in [-0.39, 0.29) is 24.4 Å². The second-order valence-corrected chi connectivity index (χ2v) is 6.91. The summed E-state index contributed by atoms with van der Waals surface area (Å²) in [5, 5.41) is 0. The topological polar surface area (TPSA) is 72.9 Å². The van der Waals surface area contributed by atoms with E-state index < -0.39 is 16.0 Å². The number of carbonyl (C=O) groups is 1. The van der Waals surface area contributed by atoms with Gasteiger partial charge in [0.05, 0.1) is 30.0 Å². The van der Waals surface area contributed by atoms with Crippen LogP contribution in [0.1, 0.15) is 13.3 Å². The summed E-state index contributed by atoms with van der Waals surface area (Å²) < 4.78 is 36.4. The third kappa shape index (κ3) is 4.42. The van der Waals surface area contributed by atoms with Crippen molar-refractivity contribution in [2.75, 3.05) is 27.3 Å². The summed E-state index contributed by atoms with van der Waals surface area (Å²) in [6.07, 6.45) is 0.0148. The number of rotatable bonds is 7. The van der Waals surface area contributed by atoms with Crippen molar-refractivity contribution in [3.8, 4) is 5.75 Å². The van der Waals surface area contributed by atoms with Crippen molar-refractivity contribution in [2.24, 2.45) is 0 Å². The highest BCUT2D eigenvalue weighted by molar-refractivity contribution is 9.10. The van der Waals surface area contributed by atoms with Gasteiger partial charge >= 0.3 is 5.97 Å². The molecule has 0 radical (unpaired) electrons. The van der Waals surface area contributed by atoms with Crippen molar-refractivity contribution in [2.45, 2.75) is 18.2 Å². The van der Waals surface area contributed by atoms with Crippen molar-refractivity contribution in [1.29, 1.82) is 0 Å². The molecule has 21 heavy (non-hydrogen) atoms. The van der Waals surface area contributed by atoms with E-state index in [1.165, 1.54) is 30.7 Å². The summed E-state index contributed by atoms with van der Waals surface area (Å²) in [6, 6.07) is 4.53. The normalized spacial score (nSPS) is 11.5. The molecule has 0 bridgehead atoms. The minimum absolute atomic E-state index is 0.0148. The van der Waals surface area contributed by atoms with Gasteiger partial charge in [0, 0.05) is 13.1 Å². The first kappa shape index (κ1) is 17.9. The minimum Gasteiger partial charge on any atom is -0.496 e. The molecule has 0 amide bonds. The number of hydrogen-bond donors (Lipinski definition) is 0. The number of hydrogen-bond acceptors (Lipinski definition) is 5. The number of nitrogens with zero attached hydrogens (tertiary/aromatic N) is 1. The van der Waals surface area contributed by atoms with Crippen LogP contribution in [0.3, 0.4) is 0 Å². The summed E-state index contributed by atoms with van der Waals surface area (Å²) >= 11 is 3.26. The number of sulfonamides is 1. The van der Waals surface area contributed by atoms with Gasteiger partial charge in [0.15, 0.2) is 0 Å². The lowest BCUT2D eigenvalue weighted by Gasteiger charge is -2.20. The van der Waals surface area contributed by atoms with E-state index in [1.54, 1.807) is 13.0 Å². The van der Waals surface area contributed by atoms with Crippen molar-refractivity contribution < 1.29 is 22.7 Å². The fourth-order valence-electron chi connectivity index (χ4n) is 1.72. The maximum atomic E-state index is 12.5. The van der Waals surface area contributed by atoms with Gasteiger partial charge in [-0.3, -0.25) is 4.79 Å². The van der Waals surface area contributed by atoms with Gasteiger partial charge in [0.1, 0.15) is 5.75 Å². The van der Waals surface area contributed by atoms with Crippen LogP contribution in [-0.4, -0.2) is 46.0 Å². The number of benzene rings is 1. The summed E-state index contributed by atoms with van der Waals surface area (Å²) in [4.78, 5) is 11.3. The molecule has 0 aromatic heterocycles. The Labute approximate surface area is 133 Å². The molecule has 0 aliphatic heterocycles. The Morgan fingerprint density at radius 3 is 2.48 bits per heavy atom. The Bertz CT molecular complexity index is 603. The molecule has 8 heteroatoms. The molecule has 1 aromatic carbocycles. The summed E-state index contributed by atoms with van der Waals surface area (Å²) in [5.41, 5.74) is 0. The fraction of sp³-hybridized carbons (Fsp3) is 0.462. The fourth-order valence-corrected chi connectivity index (χ4v) is 3.89. The third-order valence-corrected chi connectivity index (χ3v) is 5.50. The monoisotopic (exact) mass is 379 g/mol. The second kappa shape index (κ2) is 7.77. The highest BCUT2D eigenvalue weighted by atomic mass is 79.9. The van der Waals surface area contributed by atoms with Crippen LogP contribution in [0.15, 0.2) is 27.6 Å². The second-order valence-electron chi connectivity index (χ2n) is 4.12. The van der Waals surface area contributed by atoms with Gasteiger partial charge in [-0.25, -0.2) is 8.42 Å². The Balaban J connectivity index is 3.01. The van der Waals surface area contributed by atoms with Crippen molar-refractivity contribution in [3.63, 3.8) is 0 Å². The lowest BCUT2D eigenvalue weighted by Crippen LogP contribution is -2.33.